The van der Waals surface area contributed by atoms with Crippen LogP contribution in [0.4, 0.5) is 0 Å². The second-order valence-corrected chi connectivity index (χ2v) is 4.88. The second kappa shape index (κ2) is 9.75. The van der Waals surface area contributed by atoms with E-state index in [0.717, 1.165) is 32.4 Å². The Morgan fingerprint density at radius 3 is 2.65 bits per heavy atom. The molecule has 4 nitrogen and oxygen atoms in total. The Bertz CT molecular complexity index is 381. The van der Waals surface area contributed by atoms with Crippen molar-refractivity contribution in [2.75, 3.05) is 26.3 Å². The molecule has 1 amide bonds. The van der Waals surface area contributed by atoms with E-state index in [1.54, 1.807) is 0 Å². The van der Waals surface area contributed by atoms with Crippen molar-refractivity contribution in [1.82, 2.24) is 10.6 Å². The van der Waals surface area contributed by atoms with Gasteiger partial charge in [0.2, 0.25) is 5.91 Å². The summed E-state index contributed by atoms with van der Waals surface area (Å²) in [5.74, 6) is -0.0000355. The van der Waals surface area contributed by atoms with Crippen LogP contribution in [0.3, 0.4) is 0 Å². The van der Waals surface area contributed by atoms with Crippen molar-refractivity contribution in [3.63, 3.8) is 0 Å². The van der Waals surface area contributed by atoms with Gasteiger partial charge in [-0.3, -0.25) is 4.79 Å². The average Bonchev–Trinajstić information content (AvgIpc) is 2.46. The SMILES string of the molecule is Cl.O=C(COCCc1ccccc1)NC1CCNCC1. The normalized spacial score (nSPS) is 15.4. The van der Waals surface area contributed by atoms with Crippen LogP contribution in [0.2, 0.25) is 0 Å². The highest BCUT2D eigenvalue weighted by molar-refractivity contribution is 5.85. The Morgan fingerprint density at radius 1 is 1.25 bits per heavy atom. The Morgan fingerprint density at radius 2 is 1.95 bits per heavy atom. The fraction of sp³-hybridized carbons (Fsp3) is 0.533. The summed E-state index contributed by atoms with van der Waals surface area (Å²) in [5, 5.41) is 6.29. The molecule has 2 N–H and O–H groups in total. The molecule has 0 unspecified atom stereocenters. The number of benzene rings is 1. The summed E-state index contributed by atoms with van der Waals surface area (Å²) in [5.41, 5.74) is 1.24. The molecule has 1 aromatic carbocycles. The molecule has 0 aromatic heterocycles. The van der Waals surface area contributed by atoms with Crippen molar-refractivity contribution in [3.05, 3.63) is 35.9 Å². The number of carbonyl (C=O) groups is 1. The zero-order valence-corrected chi connectivity index (χ0v) is 12.5. The number of carbonyl (C=O) groups excluding carboxylic acids is 1. The van der Waals surface area contributed by atoms with Crippen LogP contribution in [0.25, 0.3) is 0 Å². The standard InChI is InChI=1S/C15H22N2O2.ClH/c18-15(17-14-6-9-16-10-7-14)12-19-11-8-13-4-2-1-3-5-13;/h1-5,14,16H,6-12H2,(H,17,18);1H. The van der Waals surface area contributed by atoms with E-state index in [9.17, 15) is 4.79 Å². The quantitative estimate of drug-likeness (QED) is 0.783. The Kier molecular flexibility index (Phi) is 8.26. The fourth-order valence-corrected chi connectivity index (χ4v) is 2.24. The summed E-state index contributed by atoms with van der Waals surface area (Å²) in [6.45, 7) is 2.72. The van der Waals surface area contributed by atoms with E-state index in [2.05, 4.69) is 22.8 Å². The Hall–Kier alpha value is -1.10. The van der Waals surface area contributed by atoms with E-state index < -0.39 is 0 Å². The van der Waals surface area contributed by atoms with Crippen LogP contribution >= 0.6 is 12.4 Å². The second-order valence-electron chi connectivity index (χ2n) is 4.88. The number of piperidine rings is 1. The van der Waals surface area contributed by atoms with Crippen molar-refractivity contribution >= 4 is 18.3 Å². The number of halogens is 1. The highest BCUT2D eigenvalue weighted by Crippen LogP contribution is 2.02. The highest BCUT2D eigenvalue weighted by atomic mass is 35.5. The maximum atomic E-state index is 11.7. The first kappa shape index (κ1) is 17.0. The molecule has 1 aliphatic rings. The lowest BCUT2D eigenvalue weighted by atomic mass is 10.1. The van der Waals surface area contributed by atoms with Crippen molar-refractivity contribution in [1.29, 1.82) is 0 Å². The first-order valence-corrected chi connectivity index (χ1v) is 6.96. The van der Waals surface area contributed by atoms with E-state index in [0.29, 0.717) is 12.6 Å². The number of amides is 1. The van der Waals surface area contributed by atoms with Crippen molar-refractivity contribution < 1.29 is 9.53 Å². The molecule has 0 radical (unpaired) electrons. The van der Waals surface area contributed by atoms with Crippen LogP contribution in [0.5, 0.6) is 0 Å². The molecule has 1 saturated heterocycles. The van der Waals surface area contributed by atoms with Crippen molar-refractivity contribution in [2.45, 2.75) is 25.3 Å². The number of rotatable bonds is 6. The van der Waals surface area contributed by atoms with Gasteiger partial charge in [-0.05, 0) is 37.9 Å². The third kappa shape index (κ3) is 6.37. The summed E-state index contributed by atoms with van der Waals surface area (Å²) >= 11 is 0. The predicted octanol–water partition coefficient (Wildman–Crippen LogP) is 1.54. The zero-order valence-electron chi connectivity index (χ0n) is 11.6. The molecule has 0 aliphatic carbocycles. The minimum Gasteiger partial charge on any atom is -0.371 e. The van der Waals surface area contributed by atoms with Gasteiger partial charge in [0.05, 0.1) is 6.61 Å². The van der Waals surface area contributed by atoms with Crippen LogP contribution in [-0.4, -0.2) is 38.3 Å². The number of ether oxygens (including phenoxy) is 1. The van der Waals surface area contributed by atoms with Gasteiger partial charge in [-0.15, -0.1) is 12.4 Å². The molecule has 0 bridgehead atoms. The minimum absolute atomic E-state index is 0. The largest absolute Gasteiger partial charge is 0.371 e. The molecule has 5 heteroatoms. The van der Waals surface area contributed by atoms with Crippen LogP contribution in [0.1, 0.15) is 18.4 Å². The molecule has 1 heterocycles. The predicted molar refractivity (Wildman–Crippen MR) is 82.2 cm³/mol. The van der Waals surface area contributed by atoms with Gasteiger partial charge in [-0.1, -0.05) is 30.3 Å². The molecule has 0 spiro atoms. The fourth-order valence-electron chi connectivity index (χ4n) is 2.24. The molecule has 2 rings (SSSR count). The number of hydrogen-bond donors (Lipinski definition) is 2. The summed E-state index contributed by atoms with van der Waals surface area (Å²) in [6.07, 6.45) is 2.87. The van der Waals surface area contributed by atoms with Crippen LogP contribution in [0, 0.1) is 0 Å². The summed E-state index contributed by atoms with van der Waals surface area (Å²) < 4.78 is 5.41. The van der Waals surface area contributed by atoms with Gasteiger partial charge in [0.15, 0.2) is 0 Å². The van der Waals surface area contributed by atoms with Crippen molar-refractivity contribution in [2.24, 2.45) is 0 Å². The molecule has 0 saturated carbocycles. The molecule has 0 atom stereocenters. The third-order valence-corrected chi connectivity index (χ3v) is 3.32. The molecular weight excluding hydrogens is 276 g/mol. The molecule has 112 valence electrons. The summed E-state index contributed by atoms with van der Waals surface area (Å²) in [6, 6.07) is 10.5. The van der Waals surface area contributed by atoms with E-state index in [-0.39, 0.29) is 24.9 Å². The Balaban J connectivity index is 0.00000200. The first-order chi connectivity index (χ1) is 9.34. The lowest BCUT2D eigenvalue weighted by molar-refractivity contribution is -0.126. The zero-order chi connectivity index (χ0) is 13.3. The molecular formula is C15H23ClN2O2. The number of nitrogens with one attached hydrogen (secondary N) is 2. The lowest BCUT2D eigenvalue weighted by Crippen LogP contribution is -2.44. The van der Waals surface area contributed by atoms with Gasteiger partial charge in [-0.2, -0.15) is 0 Å². The Labute approximate surface area is 126 Å². The van der Waals surface area contributed by atoms with E-state index >= 15 is 0 Å². The van der Waals surface area contributed by atoms with E-state index in [1.165, 1.54) is 5.56 Å². The maximum Gasteiger partial charge on any atom is 0.246 e. The van der Waals surface area contributed by atoms with Crippen molar-refractivity contribution in [3.8, 4) is 0 Å². The minimum atomic E-state index is -0.0000355. The van der Waals surface area contributed by atoms with Gasteiger partial charge >= 0.3 is 0 Å². The number of hydrogen-bond acceptors (Lipinski definition) is 3. The molecule has 1 fully saturated rings. The van der Waals surface area contributed by atoms with Crippen LogP contribution in [0.15, 0.2) is 30.3 Å². The topological polar surface area (TPSA) is 50.4 Å². The highest BCUT2D eigenvalue weighted by Gasteiger charge is 2.14. The van der Waals surface area contributed by atoms with Gasteiger partial charge in [-0.25, -0.2) is 0 Å². The van der Waals surface area contributed by atoms with Crippen LogP contribution in [-0.2, 0) is 16.0 Å². The van der Waals surface area contributed by atoms with E-state index in [1.807, 2.05) is 18.2 Å². The monoisotopic (exact) mass is 298 g/mol. The van der Waals surface area contributed by atoms with Gasteiger partial charge < -0.3 is 15.4 Å². The third-order valence-electron chi connectivity index (χ3n) is 3.32. The van der Waals surface area contributed by atoms with Gasteiger partial charge in [0.1, 0.15) is 6.61 Å². The maximum absolute atomic E-state index is 11.7. The summed E-state index contributed by atoms with van der Waals surface area (Å²) in [7, 11) is 0. The van der Waals surface area contributed by atoms with E-state index in [4.69, 9.17) is 4.74 Å². The smallest absolute Gasteiger partial charge is 0.246 e. The molecule has 1 aromatic rings. The molecule has 20 heavy (non-hydrogen) atoms. The van der Waals surface area contributed by atoms with Gasteiger partial charge in [0.25, 0.3) is 0 Å². The van der Waals surface area contributed by atoms with Crippen LogP contribution < -0.4 is 10.6 Å². The lowest BCUT2D eigenvalue weighted by Gasteiger charge is -2.23. The van der Waals surface area contributed by atoms with Gasteiger partial charge in [0, 0.05) is 6.04 Å². The molecule has 1 aliphatic heterocycles. The first-order valence-electron chi connectivity index (χ1n) is 6.96. The summed E-state index contributed by atoms with van der Waals surface area (Å²) in [4.78, 5) is 11.7. The average molecular weight is 299 g/mol.